The average Bonchev–Trinajstić information content (AvgIpc) is 2.46. The lowest BCUT2D eigenvalue weighted by atomic mass is 10.2. The number of pyridine rings is 1. The van der Waals surface area contributed by atoms with Crippen LogP contribution in [-0.2, 0) is 6.61 Å². The molecular weight excluding hydrogens is 287 g/mol. The van der Waals surface area contributed by atoms with E-state index in [9.17, 15) is 4.39 Å². The van der Waals surface area contributed by atoms with E-state index < -0.39 is 5.82 Å². The number of aliphatic imine (C=N–C) groups is 2. The normalized spacial score (nSPS) is 11.0. The molecule has 1 heterocycles. The molecule has 22 heavy (non-hydrogen) atoms. The van der Waals surface area contributed by atoms with Crippen LogP contribution >= 0.6 is 0 Å². The first-order valence-electron chi connectivity index (χ1n) is 6.29. The van der Waals surface area contributed by atoms with Crippen molar-refractivity contribution in [2.24, 2.45) is 27.2 Å². The number of nitrogens with zero attached hydrogens (tertiary/aromatic N) is 3. The van der Waals surface area contributed by atoms with Gasteiger partial charge in [-0.1, -0.05) is 0 Å². The molecule has 114 valence electrons. The molecule has 0 bridgehead atoms. The third-order valence-corrected chi connectivity index (χ3v) is 2.54. The number of benzene rings is 1. The van der Waals surface area contributed by atoms with Crippen LogP contribution in [0, 0.1) is 5.82 Å². The Morgan fingerprint density at radius 3 is 2.55 bits per heavy atom. The third kappa shape index (κ3) is 4.44. The van der Waals surface area contributed by atoms with E-state index in [0.29, 0.717) is 5.75 Å². The highest BCUT2D eigenvalue weighted by atomic mass is 19.1. The molecule has 2 rings (SSSR count). The van der Waals surface area contributed by atoms with Gasteiger partial charge < -0.3 is 21.9 Å². The zero-order chi connectivity index (χ0) is 15.9. The zero-order valence-corrected chi connectivity index (χ0v) is 11.6. The van der Waals surface area contributed by atoms with Crippen molar-refractivity contribution in [1.82, 2.24) is 4.98 Å². The minimum atomic E-state index is -0.479. The minimum Gasteiger partial charge on any atom is -0.487 e. The number of nitrogens with two attached hydrogens (primary N) is 3. The highest BCUT2D eigenvalue weighted by molar-refractivity contribution is 5.93. The molecule has 0 fully saturated rings. The number of ether oxygens (including phenoxy) is 1. The standard InChI is InChI=1S/C14H15FN6O/c15-10-1-2-12(22-8-9-3-5-19-6-4-9)11(7-10)20-14(18)21-13(16)17/h1-7H,8H2,(H6,16,17,18,20,21). The van der Waals surface area contributed by atoms with E-state index in [-0.39, 0.29) is 24.2 Å². The molecule has 0 atom stereocenters. The van der Waals surface area contributed by atoms with Crippen LogP contribution in [0.1, 0.15) is 5.56 Å². The second-order valence-electron chi connectivity index (χ2n) is 4.26. The molecule has 0 aliphatic heterocycles. The average molecular weight is 302 g/mol. The number of hydrogen-bond donors (Lipinski definition) is 3. The Kier molecular flexibility index (Phi) is 4.86. The summed E-state index contributed by atoms with van der Waals surface area (Å²) in [5.74, 6) is -0.560. The Morgan fingerprint density at radius 1 is 1.14 bits per heavy atom. The van der Waals surface area contributed by atoms with Gasteiger partial charge in [-0.15, -0.1) is 0 Å². The summed E-state index contributed by atoms with van der Waals surface area (Å²) in [6, 6.07) is 7.51. The summed E-state index contributed by atoms with van der Waals surface area (Å²) >= 11 is 0. The summed E-state index contributed by atoms with van der Waals surface area (Å²) in [7, 11) is 0. The zero-order valence-electron chi connectivity index (χ0n) is 11.6. The van der Waals surface area contributed by atoms with Crippen molar-refractivity contribution in [2.75, 3.05) is 0 Å². The summed E-state index contributed by atoms with van der Waals surface area (Å²) in [5, 5.41) is 0. The quantitative estimate of drug-likeness (QED) is 0.574. The Labute approximate surface area is 126 Å². The van der Waals surface area contributed by atoms with E-state index in [2.05, 4.69) is 15.0 Å². The van der Waals surface area contributed by atoms with Gasteiger partial charge in [0.1, 0.15) is 23.9 Å². The van der Waals surface area contributed by atoms with Crippen LogP contribution in [0.4, 0.5) is 10.1 Å². The van der Waals surface area contributed by atoms with Gasteiger partial charge >= 0.3 is 0 Å². The monoisotopic (exact) mass is 302 g/mol. The molecule has 0 unspecified atom stereocenters. The van der Waals surface area contributed by atoms with Crippen molar-refractivity contribution in [3.63, 3.8) is 0 Å². The molecule has 1 aromatic heterocycles. The number of aromatic nitrogens is 1. The molecule has 0 radical (unpaired) electrons. The first-order valence-corrected chi connectivity index (χ1v) is 6.29. The van der Waals surface area contributed by atoms with Gasteiger partial charge in [-0.25, -0.2) is 9.38 Å². The largest absolute Gasteiger partial charge is 0.487 e. The second kappa shape index (κ2) is 7.02. The van der Waals surface area contributed by atoms with Crippen molar-refractivity contribution < 1.29 is 9.13 Å². The van der Waals surface area contributed by atoms with Gasteiger partial charge in [0, 0.05) is 18.5 Å². The van der Waals surface area contributed by atoms with Gasteiger partial charge in [-0.3, -0.25) is 4.98 Å². The predicted octanol–water partition coefficient (Wildman–Crippen LogP) is 1.02. The Morgan fingerprint density at radius 2 is 1.86 bits per heavy atom. The van der Waals surface area contributed by atoms with Gasteiger partial charge in [0.25, 0.3) is 0 Å². The van der Waals surface area contributed by atoms with Crippen LogP contribution in [0.15, 0.2) is 52.7 Å². The Bertz CT molecular complexity index is 698. The molecule has 0 amide bonds. The van der Waals surface area contributed by atoms with E-state index in [1.165, 1.54) is 18.2 Å². The van der Waals surface area contributed by atoms with E-state index in [1.807, 2.05) is 0 Å². The second-order valence-corrected chi connectivity index (χ2v) is 4.26. The smallest absolute Gasteiger partial charge is 0.223 e. The minimum absolute atomic E-state index is 0.191. The molecule has 0 aliphatic carbocycles. The summed E-state index contributed by atoms with van der Waals surface area (Å²) in [6.45, 7) is 0.277. The first-order chi connectivity index (χ1) is 10.5. The fraction of sp³-hybridized carbons (Fsp3) is 0.0714. The highest BCUT2D eigenvalue weighted by Crippen LogP contribution is 2.29. The highest BCUT2D eigenvalue weighted by Gasteiger charge is 2.06. The molecular formula is C14H15FN6O. The lowest BCUT2D eigenvalue weighted by Crippen LogP contribution is -2.26. The van der Waals surface area contributed by atoms with Crippen LogP contribution < -0.4 is 21.9 Å². The molecule has 7 nitrogen and oxygen atoms in total. The Balaban J connectivity index is 2.22. The molecule has 6 N–H and O–H groups in total. The number of guanidine groups is 2. The molecule has 0 aliphatic rings. The SMILES string of the molecule is NC(N)=NC(N)=Nc1cc(F)ccc1OCc1ccncc1. The van der Waals surface area contributed by atoms with E-state index >= 15 is 0 Å². The number of rotatable bonds is 4. The first kappa shape index (κ1) is 15.2. The molecule has 8 heteroatoms. The molecule has 1 aromatic carbocycles. The van der Waals surface area contributed by atoms with Crippen molar-refractivity contribution in [2.45, 2.75) is 6.61 Å². The Hall–Kier alpha value is -3.16. The van der Waals surface area contributed by atoms with Crippen LogP contribution in [0.3, 0.4) is 0 Å². The van der Waals surface area contributed by atoms with Crippen LogP contribution in [0.25, 0.3) is 0 Å². The molecule has 0 saturated heterocycles. The van der Waals surface area contributed by atoms with Crippen molar-refractivity contribution in [3.8, 4) is 5.75 Å². The lowest BCUT2D eigenvalue weighted by Gasteiger charge is -2.09. The van der Waals surface area contributed by atoms with Gasteiger partial charge in [0.2, 0.25) is 5.96 Å². The maximum atomic E-state index is 13.4. The van der Waals surface area contributed by atoms with Gasteiger partial charge in [0.15, 0.2) is 5.96 Å². The van der Waals surface area contributed by atoms with Gasteiger partial charge in [0.05, 0.1) is 0 Å². The molecule has 2 aromatic rings. The topological polar surface area (TPSA) is 125 Å². The van der Waals surface area contributed by atoms with Crippen LogP contribution in [-0.4, -0.2) is 16.9 Å². The summed E-state index contributed by atoms with van der Waals surface area (Å²) in [4.78, 5) is 11.4. The maximum Gasteiger partial charge on any atom is 0.223 e. The summed E-state index contributed by atoms with van der Waals surface area (Å²) in [5.41, 5.74) is 17.1. The van der Waals surface area contributed by atoms with Gasteiger partial charge in [-0.05, 0) is 29.8 Å². The van der Waals surface area contributed by atoms with Crippen molar-refractivity contribution in [1.29, 1.82) is 0 Å². The lowest BCUT2D eigenvalue weighted by molar-refractivity contribution is 0.307. The third-order valence-electron chi connectivity index (χ3n) is 2.54. The molecule has 0 spiro atoms. The predicted molar refractivity (Wildman–Crippen MR) is 82.1 cm³/mol. The summed E-state index contributed by atoms with van der Waals surface area (Å²) < 4.78 is 19.0. The van der Waals surface area contributed by atoms with Crippen molar-refractivity contribution >= 4 is 17.6 Å². The number of hydrogen-bond acceptors (Lipinski definition) is 3. The van der Waals surface area contributed by atoms with E-state index in [4.69, 9.17) is 21.9 Å². The summed E-state index contributed by atoms with van der Waals surface area (Å²) in [6.07, 6.45) is 3.30. The fourth-order valence-electron chi connectivity index (χ4n) is 1.62. The molecule has 0 saturated carbocycles. The van der Waals surface area contributed by atoms with E-state index in [1.54, 1.807) is 24.5 Å². The maximum absolute atomic E-state index is 13.4. The van der Waals surface area contributed by atoms with Crippen LogP contribution in [0.5, 0.6) is 5.75 Å². The van der Waals surface area contributed by atoms with E-state index in [0.717, 1.165) is 5.56 Å². The fourth-order valence-corrected chi connectivity index (χ4v) is 1.62. The van der Waals surface area contributed by atoms with Crippen LogP contribution in [0.2, 0.25) is 0 Å². The van der Waals surface area contributed by atoms with Crippen molar-refractivity contribution in [3.05, 3.63) is 54.1 Å². The van der Waals surface area contributed by atoms with Gasteiger partial charge in [-0.2, -0.15) is 4.99 Å². The number of halogens is 1.